The molecule has 1 saturated carbocycles. The second-order valence-electron chi connectivity index (χ2n) is 7.56. The maximum Gasteiger partial charge on any atom is 0.320 e. The maximum atomic E-state index is 11.9. The summed E-state index contributed by atoms with van der Waals surface area (Å²) >= 11 is 0. The zero-order chi connectivity index (χ0) is 20.5. The third-order valence-electron chi connectivity index (χ3n) is 5.32. The first-order chi connectivity index (χ1) is 14.7. The van der Waals surface area contributed by atoms with Crippen molar-refractivity contribution in [3.63, 3.8) is 0 Å². The first-order valence-corrected chi connectivity index (χ1v) is 10.2. The van der Waals surface area contributed by atoms with Gasteiger partial charge in [0.2, 0.25) is 0 Å². The Balaban J connectivity index is 1.51. The van der Waals surface area contributed by atoms with Crippen LogP contribution in [-0.4, -0.2) is 37.8 Å². The number of amides is 2. The summed E-state index contributed by atoms with van der Waals surface area (Å²) in [5, 5.41) is 22.6. The second-order valence-corrected chi connectivity index (χ2v) is 7.56. The summed E-state index contributed by atoms with van der Waals surface area (Å²) in [6.07, 6.45) is 2.32. The van der Waals surface area contributed by atoms with Crippen LogP contribution in [-0.2, 0) is 6.54 Å². The van der Waals surface area contributed by atoms with Crippen LogP contribution in [0.3, 0.4) is 0 Å². The van der Waals surface area contributed by atoms with Crippen molar-refractivity contribution in [3.05, 3.63) is 59.8 Å². The quantitative estimate of drug-likeness (QED) is 0.456. The van der Waals surface area contributed by atoms with Gasteiger partial charge >= 0.3 is 6.03 Å². The minimum atomic E-state index is -0.274. The molecule has 0 atom stereocenters. The lowest BCUT2D eigenvalue weighted by Crippen LogP contribution is -2.28. The van der Waals surface area contributed by atoms with Gasteiger partial charge in [-0.1, -0.05) is 41.6 Å². The van der Waals surface area contributed by atoms with Crippen molar-refractivity contribution in [2.45, 2.75) is 32.2 Å². The predicted molar refractivity (Wildman–Crippen MR) is 115 cm³/mol. The van der Waals surface area contributed by atoms with Crippen LogP contribution in [0.5, 0.6) is 0 Å². The van der Waals surface area contributed by atoms with E-state index in [2.05, 4.69) is 43.3 Å². The monoisotopic (exact) mass is 401 g/mol. The van der Waals surface area contributed by atoms with Gasteiger partial charge in [-0.15, -0.1) is 5.10 Å². The fourth-order valence-electron chi connectivity index (χ4n) is 3.73. The highest BCUT2D eigenvalue weighted by Gasteiger charge is 2.32. The molecule has 1 aliphatic rings. The molecule has 0 radical (unpaired) electrons. The van der Waals surface area contributed by atoms with Crippen LogP contribution in [0.25, 0.3) is 22.2 Å². The van der Waals surface area contributed by atoms with Crippen molar-refractivity contribution in [2.75, 3.05) is 11.9 Å². The molecule has 2 aromatic heterocycles. The molecule has 2 aromatic carbocycles. The van der Waals surface area contributed by atoms with Crippen LogP contribution < -0.4 is 10.6 Å². The van der Waals surface area contributed by atoms with Crippen LogP contribution in [0.1, 0.15) is 36.9 Å². The first-order valence-electron chi connectivity index (χ1n) is 10.2. The third-order valence-corrected chi connectivity index (χ3v) is 5.32. The zero-order valence-electron chi connectivity index (χ0n) is 16.7. The largest absolute Gasteiger partial charge is 0.338 e. The standard InChI is InChI=1S/C22H23N7O/c1-2-23-22(30)24-21-17-12-16(10-11-18(17)25-27-21)19-20(15-8-9-15)29(28-26-19)13-14-6-4-3-5-7-14/h3-7,10-12,15H,2,8-9,13H2,1H3,(H3,23,24,25,27,30). The van der Waals surface area contributed by atoms with Gasteiger partial charge in [-0.3, -0.25) is 10.4 Å². The number of hydrogen-bond donors (Lipinski definition) is 3. The molecule has 2 amide bonds. The van der Waals surface area contributed by atoms with Gasteiger partial charge in [0.05, 0.1) is 17.8 Å². The summed E-state index contributed by atoms with van der Waals surface area (Å²) in [5.74, 6) is 0.995. The molecule has 0 aliphatic heterocycles. The summed E-state index contributed by atoms with van der Waals surface area (Å²) in [6, 6.07) is 16.0. The molecule has 8 heteroatoms. The van der Waals surface area contributed by atoms with E-state index in [0.717, 1.165) is 35.0 Å². The number of H-pyrrole nitrogens is 1. The predicted octanol–water partition coefficient (Wildman–Crippen LogP) is 3.89. The number of rotatable bonds is 6. The SMILES string of the molecule is CCNC(=O)Nc1n[nH]c2ccc(-c3nnn(Cc4ccccc4)c3C3CC3)cc12. The molecular formula is C22H23N7O. The highest BCUT2D eigenvalue weighted by Crippen LogP contribution is 2.44. The normalized spacial score (nSPS) is 13.5. The Bertz CT molecular complexity index is 1190. The number of hydrogen-bond acceptors (Lipinski definition) is 4. The van der Waals surface area contributed by atoms with Gasteiger partial charge in [0.1, 0.15) is 5.69 Å². The van der Waals surface area contributed by atoms with E-state index in [0.29, 0.717) is 24.8 Å². The van der Waals surface area contributed by atoms with E-state index in [1.807, 2.05) is 48.0 Å². The van der Waals surface area contributed by atoms with Gasteiger partial charge in [0.25, 0.3) is 0 Å². The van der Waals surface area contributed by atoms with Crippen LogP contribution in [0.15, 0.2) is 48.5 Å². The molecule has 30 heavy (non-hydrogen) atoms. The Morgan fingerprint density at radius 1 is 1.20 bits per heavy atom. The van der Waals surface area contributed by atoms with Crippen LogP contribution in [0, 0.1) is 0 Å². The van der Waals surface area contributed by atoms with Crippen LogP contribution in [0.2, 0.25) is 0 Å². The lowest BCUT2D eigenvalue weighted by atomic mass is 10.1. The number of aromatic amines is 1. The minimum absolute atomic E-state index is 0.274. The lowest BCUT2D eigenvalue weighted by Gasteiger charge is -2.08. The summed E-state index contributed by atoms with van der Waals surface area (Å²) in [5.41, 5.74) is 5.12. The van der Waals surface area contributed by atoms with Gasteiger partial charge in [0, 0.05) is 23.4 Å². The molecule has 0 saturated heterocycles. The molecule has 1 fully saturated rings. The molecule has 0 bridgehead atoms. The van der Waals surface area contributed by atoms with Crippen molar-refractivity contribution >= 4 is 22.8 Å². The van der Waals surface area contributed by atoms with Crippen molar-refractivity contribution in [3.8, 4) is 11.3 Å². The van der Waals surface area contributed by atoms with Crippen molar-refractivity contribution in [1.82, 2.24) is 30.5 Å². The zero-order valence-corrected chi connectivity index (χ0v) is 16.7. The number of carbonyl (C=O) groups is 1. The van der Waals surface area contributed by atoms with Gasteiger partial charge in [-0.2, -0.15) is 5.10 Å². The molecule has 152 valence electrons. The summed E-state index contributed by atoms with van der Waals surface area (Å²) < 4.78 is 2.02. The third kappa shape index (κ3) is 3.52. The van der Waals surface area contributed by atoms with E-state index in [4.69, 9.17) is 0 Å². The maximum absolute atomic E-state index is 11.9. The summed E-state index contributed by atoms with van der Waals surface area (Å²) in [6.45, 7) is 3.13. The van der Waals surface area contributed by atoms with E-state index < -0.39 is 0 Å². The number of anilines is 1. The van der Waals surface area contributed by atoms with Crippen molar-refractivity contribution in [2.24, 2.45) is 0 Å². The van der Waals surface area contributed by atoms with Crippen LogP contribution in [0.4, 0.5) is 10.6 Å². The summed E-state index contributed by atoms with van der Waals surface area (Å²) in [7, 11) is 0. The smallest absolute Gasteiger partial charge is 0.320 e. The van der Waals surface area contributed by atoms with Crippen molar-refractivity contribution in [1.29, 1.82) is 0 Å². The van der Waals surface area contributed by atoms with Crippen molar-refractivity contribution < 1.29 is 4.79 Å². The first kappa shape index (κ1) is 18.4. The van der Waals surface area contributed by atoms with Gasteiger partial charge in [0.15, 0.2) is 5.82 Å². The molecular weight excluding hydrogens is 378 g/mol. The second kappa shape index (κ2) is 7.62. The molecule has 0 unspecified atom stereocenters. The highest BCUT2D eigenvalue weighted by molar-refractivity contribution is 6.00. The number of fused-ring (bicyclic) bond motifs is 1. The average Bonchev–Trinajstić information content (AvgIpc) is 3.40. The Morgan fingerprint density at radius 3 is 2.80 bits per heavy atom. The minimum Gasteiger partial charge on any atom is -0.338 e. The molecule has 3 N–H and O–H groups in total. The average molecular weight is 401 g/mol. The number of nitrogens with one attached hydrogen (secondary N) is 3. The molecule has 5 rings (SSSR count). The number of aromatic nitrogens is 5. The number of benzene rings is 2. The fourth-order valence-corrected chi connectivity index (χ4v) is 3.73. The number of nitrogens with zero attached hydrogens (tertiary/aromatic N) is 4. The van der Waals surface area contributed by atoms with Gasteiger partial charge in [-0.25, -0.2) is 9.48 Å². The molecule has 4 aromatic rings. The number of carbonyl (C=O) groups excluding carboxylic acids is 1. The van der Waals surface area contributed by atoms with E-state index in [-0.39, 0.29) is 6.03 Å². The van der Waals surface area contributed by atoms with E-state index >= 15 is 0 Å². The lowest BCUT2D eigenvalue weighted by molar-refractivity contribution is 0.252. The molecule has 1 aliphatic carbocycles. The van der Waals surface area contributed by atoms with Crippen LogP contribution >= 0.6 is 0 Å². The number of urea groups is 1. The van der Waals surface area contributed by atoms with E-state index in [9.17, 15) is 4.79 Å². The Hall–Kier alpha value is -3.68. The summed E-state index contributed by atoms with van der Waals surface area (Å²) in [4.78, 5) is 11.9. The van der Waals surface area contributed by atoms with E-state index in [1.54, 1.807) is 0 Å². The Morgan fingerprint density at radius 2 is 2.03 bits per heavy atom. The van der Waals surface area contributed by atoms with E-state index in [1.165, 1.54) is 11.3 Å². The Kier molecular flexibility index (Phi) is 4.66. The molecule has 2 heterocycles. The molecule has 0 spiro atoms. The molecule has 8 nitrogen and oxygen atoms in total. The topological polar surface area (TPSA) is 101 Å². The van der Waals surface area contributed by atoms with Gasteiger partial charge in [-0.05, 0) is 37.5 Å². The Labute approximate surface area is 173 Å². The van der Waals surface area contributed by atoms with Gasteiger partial charge < -0.3 is 5.32 Å². The highest BCUT2D eigenvalue weighted by atomic mass is 16.2. The fraction of sp³-hybridized carbons (Fsp3) is 0.273.